The molecule has 32 heavy (non-hydrogen) atoms. The number of rotatable bonds is 6. The van der Waals surface area contributed by atoms with Gasteiger partial charge in [0.15, 0.2) is 0 Å². The van der Waals surface area contributed by atoms with E-state index in [2.05, 4.69) is 48.6 Å². The van der Waals surface area contributed by atoms with Crippen molar-refractivity contribution in [2.45, 2.75) is 45.6 Å². The largest absolute Gasteiger partial charge is 0.488 e. The van der Waals surface area contributed by atoms with Crippen LogP contribution in [-0.4, -0.2) is 19.1 Å². The number of benzene rings is 3. The Morgan fingerprint density at radius 2 is 1.56 bits per heavy atom. The Balaban J connectivity index is 1.54. The minimum atomic E-state index is -0.573. The van der Waals surface area contributed by atoms with E-state index < -0.39 is 5.41 Å². The maximum atomic E-state index is 13.6. The van der Waals surface area contributed by atoms with Gasteiger partial charge in [-0.3, -0.25) is 4.79 Å². The second-order valence-corrected chi connectivity index (χ2v) is 8.73. The van der Waals surface area contributed by atoms with Gasteiger partial charge in [0.25, 0.3) is 0 Å². The number of hydrogen-bond donors (Lipinski definition) is 1. The quantitative estimate of drug-likeness (QED) is 0.532. The van der Waals surface area contributed by atoms with Crippen molar-refractivity contribution in [2.75, 3.05) is 18.5 Å². The zero-order chi connectivity index (χ0) is 22.6. The highest BCUT2D eigenvalue weighted by molar-refractivity contribution is 5.99. The van der Waals surface area contributed by atoms with Crippen LogP contribution in [0.5, 0.6) is 5.75 Å². The fraction of sp³-hybridized carbons (Fsp3) is 0.321. The molecule has 1 N–H and O–H groups in total. The van der Waals surface area contributed by atoms with Crippen molar-refractivity contribution < 1.29 is 14.3 Å². The number of carbonyl (C=O) groups is 1. The van der Waals surface area contributed by atoms with E-state index in [0.717, 1.165) is 33.7 Å². The summed E-state index contributed by atoms with van der Waals surface area (Å²) in [6.45, 7) is 7.80. The molecule has 1 aliphatic rings. The van der Waals surface area contributed by atoms with Crippen molar-refractivity contribution in [3.8, 4) is 5.75 Å². The molecule has 4 heteroatoms. The van der Waals surface area contributed by atoms with Crippen molar-refractivity contribution in [1.29, 1.82) is 0 Å². The van der Waals surface area contributed by atoms with E-state index >= 15 is 0 Å². The molecule has 3 aromatic carbocycles. The van der Waals surface area contributed by atoms with E-state index in [0.29, 0.717) is 32.7 Å². The van der Waals surface area contributed by atoms with Crippen LogP contribution in [0.1, 0.15) is 40.7 Å². The lowest BCUT2D eigenvalue weighted by Crippen LogP contribution is -2.44. The van der Waals surface area contributed by atoms with Gasteiger partial charge in [-0.1, -0.05) is 60.2 Å². The van der Waals surface area contributed by atoms with Crippen LogP contribution in [0.3, 0.4) is 0 Å². The summed E-state index contributed by atoms with van der Waals surface area (Å²) in [6.07, 6.45) is 1.36. The third-order valence-electron chi connectivity index (χ3n) is 6.33. The van der Waals surface area contributed by atoms with Crippen LogP contribution in [0.2, 0.25) is 0 Å². The standard InChI is InChI=1S/C28H31NO3/c1-20-9-11-24(12-10-20)28(13-15-31-16-14-28)27(30)29-25-17-21(2)26(22(3)18-25)32-19-23-7-5-4-6-8-23/h4-12,17-18H,13-16,19H2,1-3H3,(H,29,30). The topological polar surface area (TPSA) is 47.6 Å². The van der Waals surface area contributed by atoms with Crippen LogP contribution in [0.25, 0.3) is 0 Å². The highest BCUT2D eigenvalue weighted by Crippen LogP contribution is 2.37. The molecular formula is C28H31NO3. The van der Waals surface area contributed by atoms with Crippen molar-refractivity contribution in [3.05, 3.63) is 94.5 Å². The van der Waals surface area contributed by atoms with Crippen molar-refractivity contribution >= 4 is 11.6 Å². The van der Waals surface area contributed by atoms with E-state index in [-0.39, 0.29) is 5.91 Å². The molecule has 1 saturated heterocycles. The van der Waals surface area contributed by atoms with E-state index in [9.17, 15) is 4.79 Å². The molecule has 0 radical (unpaired) electrons. The average Bonchev–Trinajstić information content (AvgIpc) is 2.80. The first-order valence-electron chi connectivity index (χ1n) is 11.2. The normalized spacial score (nSPS) is 15.2. The maximum Gasteiger partial charge on any atom is 0.235 e. The second-order valence-electron chi connectivity index (χ2n) is 8.73. The highest BCUT2D eigenvalue weighted by atomic mass is 16.5. The van der Waals surface area contributed by atoms with Crippen LogP contribution in [0.15, 0.2) is 66.7 Å². The molecule has 0 bridgehead atoms. The molecule has 0 atom stereocenters. The summed E-state index contributed by atoms with van der Waals surface area (Å²) in [5.41, 5.74) is 5.61. The molecule has 1 heterocycles. The summed E-state index contributed by atoms with van der Waals surface area (Å²) in [4.78, 5) is 13.6. The smallest absolute Gasteiger partial charge is 0.235 e. The molecule has 0 aromatic heterocycles. The Morgan fingerprint density at radius 3 is 2.19 bits per heavy atom. The highest BCUT2D eigenvalue weighted by Gasteiger charge is 2.41. The molecule has 4 nitrogen and oxygen atoms in total. The summed E-state index contributed by atoms with van der Waals surface area (Å²) in [5.74, 6) is 0.896. The molecule has 4 rings (SSSR count). The number of anilines is 1. The third kappa shape index (κ3) is 4.71. The van der Waals surface area contributed by atoms with Crippen LogP contribution in [-0.2, 0) is 21.6 Å². The summed E-state index contributed by atoms with van der Waals surface area (Å²) < 4.78 is 11.7. The lowest BCUT2D eigenvalue weighted by Gasteiger charge is -2.36. The predicted octanol–water partition coefficient (Wildman–Crippen LogP) is 5.88. The summed E-state index contributed by atoms with van der Waals surface area (Å²) in [5, 5.41) is 3.20. The van der Waals surface area contributed by atoms with Crippen LogP contribution in [0, 0.1) is 20.8 Å². The fourth-order valence-corrected chi connectivity index (χ4v) is 4.47. The molecule has 0 aliphatic carbocycles. The van der Waals surface area contributed by atoms with Gasteiger partial charge < -0.3 is 14.8 Å². The first-order chi connectivity index (χ1) is 15.5. The summed E-state index contributed by atoms with van der Waals surface area (Å²) in [7, 11) is 0. The van der Waals surface area contributed by atoms with Crippen molar-refractivity contribution in [3.63, 3.8) is 0 Å². The number of ether oxygens (including phenoxy) is 2. The van der Waals surface area contributed by atoms with Crippen LogP contribution in [0.4, 0.5) is 5.69 Å². The van der Waals surface area contributed by atoms with Crippen molar-refractivity contribution in [2.24, 2.45) is 0 Å². The van der Waals surface area contributed by atoms with Gasteiger partial charge in [-0.15, -0.1) is 0 Å². The number of aryl methyl sites for hydroxylation is 3. The lowest BCUT2D eigenvalue weighted by molar-refractivity contribution is -0.125. The van der Waals surface area contributed by atoms with Crippen LogP contribution < -0.4 is 10.1 Å². The van der Waals surface area contributed by atoms with Gasteiger partial charge >= 0.3 is 0 Å². The summed E-state index contributed by atoms with van der Waals surface area (Å²) >= 11 is 0. The lowest BCUT2D eigenvalue weighted by atomic mass is 9.73. The van der Waals surface area contributed by atoms with E-state index in [1.54, 1.807) is 0 Å². The first kappa shape index (κ1) is 22.1. The number of carbonyl (C=O) groups excluding carboxylic acids is 1. The zero-order valence-corrected chi connectivity index (χ0v) is 19.1. The van der Waals surface area contributed by atoms with E-state index in [4.69, 9.17) is 9.47 Å². The molecule has 0 saturated carbocycles. The Hall–Kier alpha value is -3.11. The summed E-state index contributed by atoms with van der Waals surface area (Å²) in [6, 6.07) is 22.4. The monoisotopic (exact) mass is 429 g/mol. The van der Waals surface area contributed by atoms with Gasteiger partial charge in [0, 0.05) is 18.9 Å². The van der Waals surface area contributed by atoms with Gasteiger partial charge in [-0.05, 0) is 68.0 Å². The number of nitrogens with one attached hydrogen (secondary N) is 1. The molecule has 1 fully saturated rings. The molecule has 166 valence electrons. The minimum Gasteiger partial charge on any atom is -0.488 e. The van der Waals surface area contributed by atoms with Crippen molar-refractivity contribution in [1.82, 2.24) is 0 Å². The number of amides is 1. The Kier molecular flexibility index (Phi) is 6.61. The predicted molar refractivity (Wildman–Crippen MR) is 128 cm³/mol. The third-order valence-corrected chi connectivity index (χ3v) is 6.33. The Labute approximate surface area is 190 Å². The Bertz CT molecular complexity index is 1040. The number of hydrogen-bond acceptors (Lipinski definition) is 3. The fourth-order valence-electron chi connectivity index (χ4n) is 4.47. The first-order valence-corrected chi connectivity index (χ1v) is 11.2. The Morgan fingerprint density at radius 1 is 0.938 bits per heavy atom. The molecule has 1 aliphatic heterocycles. The van der Waals surface area contributed by atoms with E-state index in [1.807, 2.05) is 44.2 Å². The average molecular weight is 430 g/mol. The maximum absolute atomic E-state index is 13.6. The van der Waals surface area contributed by atoms with Gasteiger partial charge in [0.1, 0.15) is 12.4 Å². The molecule has 3 aromatic rings. The molecule has 0 spiro atoms. The van der Waals surface area contributed by atoms with Gasteiger partial charge in [0.05, 0.1) is 5.41 Å². The minimum absolute atomic E-state index is 0.0291. The van der Waals surface area contributed by atoms with Crippen LogP contribution >= 0.6 is 0 Å². The van der Waals surface area contributed by atoms with Gasteiger partial charge in [-0.2, -0.15) is 0 Å². The molecule has 0 unspecified atom stereocenters. The van der Waals surface area contributed by atoms with E-state index in [1.165, 1.54) is 5.56 Å². The van der Waals surface area contributed by atoms with Gasteiger partial charge in [0.2, 0.25) is 5.91 Å². The molecule has 1 amide bonds. The SMILES string of the molecule is Cc1ccc(C2(C(=O)Nc3cc(C)c(OCc4ccccc4)c(C)c3)CCOCC2)cc1. The molecular weight excluding hydrogens is 398 g/mol. The van der Waals surface area contributed by atoms with Gasteiger partial charge in [-0.25, -0.2) is 0 Å². The zero-order valence-electron chi connectivity index (χ0n) is 19.1. The second kappa shape index (κ2) is 9.58.